The van der Waals surface area contributed by atoms with Crippen LogP contribution in [-0.2, 0) is 4.79 Å². The third kappa shape index (κ3) is 6.03. The number of carbonyl (C=O) groups excluding carboxylic acids is 1. The van der Waals surface area contributed by atoms with Gasteiger partial charge in [0.1, 0.15) is 0 Å². The van der Waals surface area contributed by atoms with E-state index >= 15 is 0 Å². The third-order valence-corrected chi connectivity index (χ3v) is 3.19. The van der Waals surface area contributed by atoms with Gasteiger partial charge in [-0.15, -0.1) is 0 Å². The second-order valence-corrected chi connectivity index (χ2v) is 5.48. The van der Waals surface area contributed by atoms with Crippen LogP contribution in [0.4, 0.5) is 0 Å². The molecule has 0 aromatic heterocycles. The fourth-order valence-electron chi connectivity index (χ4n) is 1.99. The van der Waals surface area contributed by atoms with Crippen LogP contribution in [0.15, 0.2) is 0 Å². The second kappa shape index (κ2) is 7.67. The number of nitrogens with one attached hydrogen (secondary N) is 3. The van der Waals surface area contributed by atoms with E-state index < -0.39 is 0 Å². The van der Waals surface area contributed by atoms with E-state index in [1.165, 1.54) is 12.8 Å². The van der Waals surface area contributed by atoms with Crippen molar-refractivity contribution in [3.05, 3.63) is 0 Å². The van der Waals surface area contributed by atoms with E-state index in [2.05, 4.69) is 29.8 Å². The molecule has 1 heterocycles. The van der Waals surface area contributed by atoms with Crippen molar-refractivity contribution < 1.29 is 4.79 Å². The summed E-state index contributed by atoms with van der Waals surface area (Å²) < 4.78 is 0. The minimum Gasteiger partial charge on any atom is -0.354 e. The van der Waals surface area contributed by atoms with Gasteiger partial charge in [-0.1, -0.05) is 13.8 Å². The van der Waals surface area contributed by atoms with Crippen LogP contribution in [0.25, 0.3) is 0 Å². The van der Waals surface area contributed by atoms with Crippen molar-refractivity contribution in [2.24, 2.45) is 11.8 Å². The van der Waals surface area contributed by atoms with Crippen LogP contribution >= 0.6 is 0 Å². The van der Waals surface area contributed by atoms with Gasteiger partial charge < -0.3 is 16.0 Å². The average Bonchev–Trinajstić information content (AvgIpc) is 2.34. The van der Waals surface area contributed by atoms with Crippen LogP contribution in [0.5, 0.6) is 0 Å². The molecule has 1 aliphatic rings. The number of rotatable bonds is 6. The van der Waals surface area contributed by atoms with Crippen LogP contribution < -0.4 is 16.0 Å². The lowest BCUT2D eigenvalue weighted by Gasteiger charge is -2.24. The molecule has 0 radical (unpaired) electrons. The molecule has 17 heavy (non-hydrogen) atoms. The standard InChI is InChI=1S/C13H27N3O/c1-10(2)7-16-13(17)11(3)15-9-12-5-4-6-14-8-12/h10-12,14-15H,4-9H2,1-3H3,(H,16,17). The van der Waals surface area contributed by atoms with Gasteiger partial charge in [0.2, 0.25) is 5.91 Å². The third-order valence-electron chi connectivity index (χ3n) is 3.19. The first kappa shape index (κ1) is 14.5. The molecule has 0 aromatic rings. The Hall–Kier alpha value is -0.610. The van der Waals surface area contributed by atoms with Crippen LogP contribution in [0.3, 0.4) is 0 Å². The Morgan fingerprint density at radius 3 is 2.76 bits per heavy atom. The molecule has 1 amide bonds. The van der Waals surface area contributed by atoms with Gasteiger partial charge in [-0.05, 0) is 51.2 Å². The van der Waals surface area contributed by atoms with Crippen molar-refractivity contribution in [2.45, 2.75) is 39.7 Å². The van der Waals surface area contributed by atoms with E-state index in [1.54, 1.807) is 0 Å². The van der Waals surface area contributed by atoms with Gasteiger partial charge >= 0.3 is 0 Å². The van der Waals surface area contributed by atoms with Crippen molar-refractivity contribution in [1.29, 1.82) is 0 Å². The zero-order chi connectivity index (χ0) is 12.7. The number of piperidine rings is 1. The molecule has 1 fully saturated rings. The predicted octanol–water partition coefficient (Wildman–Crippen LogP) is 0.736. The summed E-state index contributed by atoms with van der Waals surface area (Å²) in [5.74, 6) is 1.29. The van der Waals surface area contributed by atoms with E-state index in [4.69, 9.17) is 0 Å². The highest BCUT2D eigenvalue weighted by molar-refractivity contribution is 5.81. The molecule has 0 aromatic carbocycles. The molecular weight excluding hydrogens is 214 g/mol. The average molecular weight is 241 g/mol. The first-order chi connectivity index (χ1) is 8.09. The predicted molar refractivity (Wildman–Crippen MR) is 70.9 cm³/mol. The molecule has 4 heteroatoms. The maximum Gasteiger partial charge on any atom is 0.236 e. The number of amides is 1. The van der Waals surface area contributed by atoms with E-state index in [1.807, 2.05) is 6.92 Å². The largest absolute Gasteiger partial charge is 0.354 e. The lowest BCUT2D eigenvalue weighted by molar-refractivity contribution is -0.122. The summed E-state index contributed by atoms with van der Waals surface area (Å²) >= 11 is 0. The van der Waals surface area contributed by atoms with Crippen molar-refractivity contribution in [3.8, 4) is 0 Å². The fraction of sp³-hybridized carbons (Fsp3) is 0.923. The SMILES string of the molecule is CC(C)CNC(=O)C(C)NCC1CCCNC1. The molecule has 2 atom stereocenters. The summed E-state index contributed by atoms with van der Waals surface area (Å²) in [6, 6.07) is -0.0873. The Kier molecular flexibility index (Phi) is 6.52. The van der Waals surface area contributed by atoms with E-state index in [9.17, 15) is 4.79 Å². The lowest BCUT2D eigenvalue weighted by atomic mass is 9.99. The Morgan fingerprint density at radius 1 is 1.41 bits per heavy atom. The normalized spacial score (nSPS) is 22.5. The Balaban J connectivity index is 2.14. The smallest absolute Gasteiger partial charge is 0.236 e. The molecule has 4 nitrogen and oxygen atoms in total. The lowest BCUT2D eigenvalue weighted by Crippen LogP contribution is -2.46. The Labute approximate surface area is 105 Å². The van der Waals surface area contributed by atoms with Gasteiger partial charge in [-0.25, -0.2) is 0 Å². The van der Waals surface area contributed by atoms with Gasteiger partial charge in [-0.2, -0.15) is 0 Å². The monoisotopic (exact) mass is 241 g/mol. The maximum atomic E-state index is 11.7. The van der Waals surface area contributed by atoms with Gasteiger partial charge in [-0.3, -0.25) is 4.79 Å². The van der Waals surface area contributed by atoms with Gasteiger partial charge in [0.05, 0.1) is 6.04 Å². The Bertz CT molecular complexity index is 225. The fourth-order valence-corrected chi connectivity index (χ4v) is 1.99. The summed E-state index contributed by atoms with van der Waals surface area (Å²) in [5, 5.41) is 9.66. The molecule has 0 bridgehead atoms. The molecule has 100 valence electrons. The van der Waals surface area contributed by atoms with Crippen LogP contribution in [0.2, 0.25) is 0 Å². The Morgan fingerprint density at radius 2 is 2.18 bits per heavy atom. The molecule has 1 rings (SSSR count). The van der Waals surface area contributed by atoms with Crippen molar-refractivity contribution >= 4 is 5.91 Å². The zero-order valence-corrected chi connectivity index (χ0v) is 11.4. The highest BCUT2D eigenvalue weighted by Gasteiger charge is 2.16. The highest BCUT2D eigenvalue weighted by Crippen LogP contribution is 2.08. The molecule has 0 spiro atoms. The van der Waals surface area contributed by atoms with Gasteiger partial charge in [0.25, 0.3) is 0 Å². The topological polar surface area (TPSA) is 53.2 Å². The molecule has 1 aliphatic heterocycles. The van der Waals surface area contributed by atoms with Gasteiger partial charge in [0, 0.05) is 6.54 Å². The number of carbonyl (C=O) groups is 1. The summed E-state index contributed by atoms with van der Waals surface area (Å²) in [4.78, 5) is 11.7. The van der Waals surface area contributed by atoms with Crippen LogP contribution in [0, 0.1) is 11.8 Å². The van der Waals surface area contributed by atoms with E-state index in [-0.39, 0.29) is 11.9 Å². The zero-order valence-electron chi connectivity index (χ0n) is 11.4. The number of hydrogen-bond donors (Lipinski definition) is 3. The van der Waals surface area contributed by atoms with Crippen molar-refractivity contribution in [1.82, 2.24) is 16.0 Å². The molecule has 0 aliphatic carbocycles. The second-order valence-electron chi connectivity index (χ2n) is 5.48. The molecule has 3 N–H and O–H groups in total. The minimum atomic E-state index is -0.0873. The van der Waals surface area contributed by atoms with E-state index in [0.717, 1.165) is 26.2 Å². The quantitative estimate of drug-likeness (QED) is 0.643. The molecular formula is C13H27N3O. The number of hydrogen-bond acceptors (Lipinski definition) is 3. The van der Waals surface area contributed by atoms with Gasteiger partial charge in [0.15, 0.2) is 0 Å². The summed E-state index contributed by atoms with van der Waals surface area (Å²) in [7, 11) is 0. The highest BCUT2D eigenvalue weighted by atomic mass is 16.2. The first-order valence-corrected chi connectivity index (χ1v) is 6.81. The van der Waals surface area contributed by atoms with Crippen molar-refractivity contribution in [2.75, 3.05) is 26.2 Å². The van der Waals surface area contributed by atoms with Crippen LogP contribution in [0.1, 0.15) is 33.6 Å². The summed E-state index contributed by atoms with van der Waals surface area (Å²) in [6.45, 7) is 10.1. The molecule has 2 unspecified atom stereocenters. The first-order valence-electron chi connectivity index (χ1n) is 6.81. The molecule has 0 saturated carbocycles. The summed E-state index contributed by atoms with van der Waals surface area (Å²) in [5.41, 5.74) is 0. The van der Waals surface area contributed by atoms with Crippen molar-refractivity contribution in [3.63, 3.8) is 0 Å². The van der Waals surface area contributed by atoms with E-state index in [0.29, 0.717) is 11.8 Å². The summed E-state index contributed by atoms with van der Waals surface area (Å²) in [6.07, 6.45) is 2.51. The maximum absolute atomic E-state index is 11.7. The minimum absolute atomic E-state index is 0.0873. The molecule has 1 saturated heterocycles. The van der Waals surface area contributed by atoms with Crippen LogP contribution in [-0.4, -0.2) is 38.1 Å².